The van der Waals surface area contributed by atoms with E-state index in [0.29, 0.717) is 10.0 Å². The zero-order valence-corrected chi connectivity index (χ0v) is 10.9. The van der Waals surface area contributed by atoms with Gasteiger partial charge in [0.05, 0.1) is 26.8 Å². The number of thiazole rings is 1. The molecule has 1 atom stereocenters. The maximum absolute atomic E-state index is 6.09. The van der Waals surface area contributed by atoms with E-state index in [-0.39, 0.29) is 6.04 Å². The highest BCUT2D eigenvalue weighted by atomic mass is 35.5. The Labute approximate surface area is 108 Å². The summed E-state index contributed by atoms with van der Waals surface area (Å²) in [6.07, 6.45) is 0. The molecule has 0 fully saturated rings. The van der Waals surface area contributed by atoms with Crippen molar-refractivity contribution in [3.63, 3.8) is 0 Å². The van der Waals surface area contributed by atoms with Crippen molar-refractivity contribution in [2.75, 3.05) is 0 Å². The van der Waals surface area contributed by atoms with Crippen LogP contribution in [-0.2, 0) is 0 Å². The van der Waals surface area contributed by atoms with E-state index in [2.05, 4.69) is 4.98 Å². The van der Waals surface area contributed by atoms with Crippen LogP contribution in [0, 0.1) is 6.92 Å². The second-order valence-electron chi connectivity index (χ2n) is 3.44. The van der Waals surface area contributed by atoms with E-state index in [9.17, 15) is 0 Å². The van der Waals surface area contributed by atoms with Gasteiger partial charge in [-0.15, -0.1) is 11.3 Å². The maximum atomic E-state index is 6.09. The van der Waals surface area contributed by atoms with Crippen LogP contribution in [0.15, 0.2) is 23.6 Å². The van der Waals surface area contributed by atoms with Gasteiger partial charge < -0.3 is 5.73 Å². The summed E-state index contributed by atoms with van der Waals surface area (Å²) in [4.78, 5) is 4.36. The normalized spacial score (nSPS) is 12.8. The molecule has 1 heterocycles. The third kappa shape index (κ3) is 2.38. The van der Waals surface area contributed by atoms with E-state index in [1.807, 2.05) is 18.4 Å². The molecule has 16 heavy (non-hydrogen) atoms. The van der Waals surface area contributed by atoms with Gasteiger partial charge in [-0.05, 0) is 24.6 Å². The first-order valence-corrected chi connectivity index (χ1v) is 6.34. The van der Waals surface area contributed by atoms with Crippen LogP contribution >= 0.6 is 34.5 Å². The lowest BCUT2D eigenvalue weighted by Crippen LogP contribution is -2.12. The summed E-state index contributed by atoms with van der Waals surface area (Å²) < 4.78 is 0. The molecule has 0 radical (unpaired) electrons. The predicted molar refractivity (Wildman–Crippen MR) is 69.3 cm³/mol. The molecule has 2 N–H and O–H groups in total. The molecule has 0 aliphatic carbocycles. The van der Waals surface area contributed by atoms with E-state index >= 15 is 0 Å². The number of nitrogens with zero attached hydrogens (tertiary/aromatic N) is 1. The molecule has 1 aromatic heterocycles. The first-order valence-electron chi connectivity index (χ1n) is 4.70. The van der Waals surface area contributed by atoms with Crippen molar-refractivity contribution < 1.29 is 0 Å². The number of halogens is 2. The van der Waals surface area contributed by atoms with Gasteiger partial charge in [0, 0.05) is 5.38 Å². The zero-order valence-electron chi connectivity index (χ0n) is 8.58. The van der Waals surface area contributed by atoms with Gasteiger partial charge in [-0.25, -0.2) is 4.98 Å². The Bertz CT molecular complexity index is 510. The van der Waals surface area contributed by atoms with Gasteiger partial charge in [-0.3, -0.25) is 0 Å². The quantitative estimate of drug-likeness (QED) is 0.903. The minimum Gasteiger partial charge on any atom is -0.319 e. The molecule has 0 spiro atoms. The molecule has 1 aromatic carbocycles. The molecule has 2 aromatic rings. The lowest BCUT2D eigenvalue weighted by Gasteiger charge is -2.10. The van der Waals surface area contributed by atoms with Crippen LogP contribution in [-0.4, -0.2) is 4.98 Å². The molecule has 0 amide bonds. The summed E-state index contributed by atoms with van der Waals surface area (Å²) in [5.74, 6) is 0. The largest absolute Gasteiger partial charge is 0.319 e. The fourth-order valence-corrected chi connectivity index (χ4v) is 2.35. The van der Waals surface area contributed by atoms with E-state index in [4.69, 9.17) is 28.9 Å². The molecule has 84 valence electrons. The van der Waals surface area contributed by atoms with Crippen LogP contribution in [0.1, 0.15) is 22.3 Å². The van der Waals surface area contributed by atoms with Gasteiger partial charge >= 0.3 is 0 Å². The van der Waals surface area contributed by atoms with Crippen LogP contribution in [0.3, 0.4) is 0 Å². The van der Waals surface area contributed by atoms with Crippen molar-refractivity contribution in [2.24, 2.45) is 5.73 Å². The highest BCUT2D eigenvalue weighted by molar-refractivity contribution is 7.09. The van der Waals surface area contributed by atoms with Gasteiger partial charge in [0.2, 0.25) is 0 Å². The van der Waals surface area contributed by atoms with Crippen molar-refractivity contribution in [2.45, 2.75) is 13.0 Å². The highest BCUT2D eigenvalue weighted by Gasteiger charge is 2.13. The Morgan fingerprint density at radius 1 is 1.31 bits per heavy atom. The fourth-order valence-electron chi connectivity index (χ4n) is 1.40. The Morgan fingerprint density at radius 3 is 2.62 bits per heavy atom. The molecule has 0 saturated carbocycles. The Kier molecular flexibility index (Phi) is 3.50. The summed E-state index contributed by atoms with van der Waals surface area (Å²) in [6, 6.07) is 5.15. The number of nitrogens with two attached hydrogens (primary N) is 1. The molecule has 0 saturated heterocycles. The minimum atomic E-state index is -0.250. The Morgan fingerprint density at radius 2 is 2.06 bits per heavy atom. The third-order valence-corrected chi connectivity index (χ3v) is 3.79. The fraction of sp³-hybridized carbons (Fsp3) is 0.182. The zero-order chi connectivity index (χ0) is 11.7. The van der Waals surface area contributed by atoms with Crippen molar-refractivity contribution >= 4 is 34.5 Å². The van der Waals surface area contributed by atoms with Crippen LogP contribution in [0.2, 0.25) is 10.0 Å². The standard InChI is InChI=1S/C11H10Cl2N2S/c1-6-15-10(5-16-6)11(14)7-2-3-8(12)9(13)4-7/h2-5,11H,14H2,1H3. The second-order valence-corrected chi connectivity index (χ2v) is 5.32. The summed E-state index contributed by atoms with van der Waals surface area (Å²) in [6.45, 7) is 1.95. The number of hydrogen-bond donors (Lipinski definition) is 1. The SMILES string of the molecule is Cc1nc(C(N)c2ccc(Cl)c(Cl)c2)cs1. The summed E-state index contributed by atoms with van der Waals surface area (Å²) in [7, 11) is 0. The van der Waals surface area contributed by atoms with Crippen LogP contribution in [0.25, 0.3) is 0 Å². The lowest BCUT2D eigenvalue weighted by molar-refractivity contribution is 0.835. The minimum absolute atomic E-state index is 0.250. The van der Waals surface area contributed by atoms with Crippen molar-refractivity contribution in [1.82, 2.24) is 4.98 Å². The molecule has 5 heteroatoms. The first-order chi connectivity index (χ1) is 7.58. The van der Waals surface area contributed by atoms with E-state index < -0.39 is 0 Å². The molecule has 2 rings (SSSR count). The molecular formula is C11H10Cl2N2S. The second kappa shape index (κ2) is 4.72. The van der Waals surface area contributed by atoms with Gasteiger partial charge in [-0.2, -0.15) is 0 Å². The third-order valence-electron chi connectivity index (χ3n) is 2.26. The number of hydrogen-bond acceptors (Lipinski definition) is 3. The average Bonchev–Trinajstić information content (AvgIpc) is 2.68. The Hall–Kier alpha value is -0.610. The predicted octanol–water partition coefficient (Wildman–Crippen LogP) is 3.81. The maximum Gasteiger partial charge on any atom is 0.0898 e. The number of aromatic nitrogens is 1. The Balaban J connectivity index is 2.33. The van der Waals surface area contributed by atoms with E-state index in [0.717, 1.165) is 16.3 Å². The number of benzene rings is 1. The monoisotopic (exact) mass is 272 g/mol. The first kappa shape index (κ1) is 11.9. The lowest BCUT2D eigenvalue weighted by atomic mass is 10.1. The molecule has 0 bridgehead atoms. The molecule has 2 nitrogen and oxygen atoms in total. The van der Waals surface area contributed by atoms with Crippen LogP contribution < -0.4 is 5.73 Å². The van der Waals surface area contributed by atoms with Crippen molar-refractivity contribution in [3.8, 4) is 0 Å². The number of aryl methyl sites for hydroxylation is 1. The molecule has 0 aliphatic rings. The van der Waals surface area contributed by atoms with Crippen LogP contribution in [0.4, 0.5) is 0 Å². The highest BCUT2D eigenvalue weighted by Crippen LogP contribution is 2.27. The van der Waals surface area contributed by atoms with Crippen molar-refractivity contribution in [3.05, 3.63) is 49.9 Å². The smallest absolute Gasteiger partial charge is 0.0898 e. The van der Waals surface area contributed by atoms with Crippen LogP contribution in [0.5, 0.6) is 0 Å². The molecule has 0 aliphatic heterocycles. The molecular weight excluding hydrogens is 263 g/mol. The summed E-state index contributed by atoms with van der Waals surface area (Å²) >= 11 is 13.4. The topological polar surface area (TPSA) is 38.9 Å². The average molecular weight is 273 g/mol. The summed E-state index contributed by atoms with van der Waals surface area (Å²) in [5.41, 5.74) is 7.87. The van der Waals surface area contributed by atoms with Gasteiger partial charge in [0.15, 0.2) is 0 Å². The molecule has 1 unspecified atom stereocenters. The van der Waals surface area contributed by atoms with Gasteiger partial charge in [0.25, 0.3) is 0 Å². The summed E-state index contributed by atoms with van der Waals surface area (Å²) in [5, 5.41) is 4.02. The van der Waals surface area contributed by atoms with Gasteiger partial charge in [0.1, 0.15) is 0 Å². The van der Waals surface area contributed by atoms with E-state index in [1.54, 1.807) is 23.5 Å². The van der Waals surface area contributed by atoms with E-state index in [1.165, 1.54) is 0 Å². The van der Waals surface area contributed by atoms with Crippen molar-refractivity contribution in [1.29, 1.82) is 0 Å². The number of rotatable bonds is 2. The van der Waals surface area contributed by atoms with Gasteiger partial charge in [-0.1, -0.05) is 29.3 Å².